The fourth-order valence-electron chi connectivity index (χ4n) is 2.18. The molecule has 0 bridgehead atoms. The Labute approximate surface area is 105 Å². The predicted molar refractivity (Wildman–Crippen MR) is 72.8 cm³/mol. The molecule has 0 heterocycles. The van der Waals surface area contributed by atoms with E-state index in [1.54, 1.807) is 0 Å². The van der Waals surface area contributed by atoms with Gasteiger partial charge in [0.15, 0.2) is 0 Å². The van der Waals surface area contributed by atoms with Gasteiger partial charge in [-0.1, -0.05) is 38.2 Å². The molecular formula is C15H25NO. The van der Waals surface area contributed by atoms with Gasteiger partial charge in [-0.2, -0.15) is 0 Å². The Kier molecular flexibility index (Phi) is 6.68. The number of carbonyl (C=O) groups excluding carboxylic acids is 1. The Hall–Kier alpha value is -1.05. The minimum atomic E-state index is 0.264. The van der Waals surface area contributed by atoms with Gasteiger partial charge in [-0.3, -0.25) is 4.79 Å². The van der Waals surface area contributed by atoms with E-state index in [1.807, 2.05) is 11.8 Å². The molecule has 1 rings (SSSR count). The Bertz CT molecular complexity index is 281. The van der Waals surface area contributed by atoms with Crippen molar-refractivity contribution >= 4 is 5.91 Å². The molecule has 1 amide bonds. The molecule has 0 N–H and O–H groups in total. The first-order chi connectivity index (χ1) is 8.27. The fourth-order valence-corrected chi connectivity index (χ4v) is 2.18. The molecule has 2 heteroatoms. The molecule has 1 atom stereocenters. The highest BCUT2D eigenvalue weighted by Crippen LogP contribution is 2.19. The van der Waals surface area contributed by atoms with Gasteiger partial charge < -0.3 is 4.90 Å². The summed E-state index contributed by atoms with van der Waals surface area (Å²) in [7, 11) is 0. The molecule has 0 radical (unpaired) electrons. The van der Waals surface area contributed by atoms with Crippen molar-refractivity contribution in [2.45, 2.75) is 46.0 Å². The summed E-state index contributed by atoms with van der Waals surface area (Å²) in [4.78, 5) is 13.6. The monoisotopic (exact) mass is 235 g/mol. The highest BCUT2D eigenvalue weighted by molar-refractivity contribution is 5.75. The maximum Gasteiger partial charge on any atom is 0.222 e. The average Bonchev–Trinajstić information content (AvgIpc) is 2.38. The standard InChI is InChI=1S/C15H25NO/c1-3-12-16(15(17)4-2)13-8-11-14-9-6-5-7-10-14/h5-6,8,11,14H,3-4,7,9-10,12-13H2,1-2H3/b11-8+. The molecule has 0 spiro atoms. The van der Waals surface area contributed by atoms with Crippen LogP contribution in [0.3, 0.4) is 0 Å². The van der Waals surface area contributed by atoms with Gasteiger partial charge in [0.05, 0.1) is 0 Å². The van der Waals surface area contributed by atoms with Crippen LogP contribution in [0.25, 0.3) is 0 Å². The lowest BCUT2D eigenvalue weighted by Crippen LogP contribution is -2.31. The van der Waals surface area contributed by atoms with E-state index in [0.29, 0.717) is 12.3 Å². The Balaban J connectivity index is 2.36. The quantitative estimate of drug-likeness (QED) is 0.645. The predicted octanol–water partition coefficient (Wildman–Crippen LogP) is 3.55. The molecule has 0 aliphatic heterocycles. The molecule has 0 fully saturated rings. The van der Waals surface area contributed by atoms with Crippen LogP contribution in [0.4, 0.5) is 0 Å². The molecule has 0 aromatic heterocycles. The van der Waals surface area contributed by atoms with E-state index in [-0.39, 0.29) is 5.91 Å². The van der Waals surface area contributed by atoms with Crippen LogP contribution in [-0.4, -0.2) is 23.9 Å². The van der Waals surface area contributed by atoms with Crippen LogP contribution < -0.4 is 0 Å². The number of carbonyl (C=O) groups is 1. The molecule has 1 unspecified atom stereocenters. The van der Waals surface area contributed by atoms with Crippen LogP contribution in [0.1, 0.15) is 46.0 Å². The molecule has 1 aliphatic carbocycles. The van der Waals surface area contributed by atoms with Crippen molar-refractivity contribution in [2.75, 3.05) is 13.1 Å². The largest absolute Gasteiger partial charge is 0.339 e. The Morgan fingerprint density at radius 1 is 1.41 bits per heavy atom. The highest BCUT2D eigenvalue weighted by Gasteiger charge is 2.09. The lowest BCUT2D eigenvalue weighted by molar-refractivity contribution is -0.130. The summed E-state index contributed by atoms with van der Waals surface area (Å²) < 4.78 is 0. The second kappa shape index (κ2) is 8.10. The van der Waals surface area contributed by atoms with Crippen LogP contribution in [0.5, 0.6) is 0 Å². The van der Waals surface area contributed by atoms with E-state index >= 15 is 0 Å². The molecule has 17 heavy (non-hydrogen) atoms. The highest BCUT2D eigenvalue weighted by atomic mass is 16.2. The van der Waals surface area contributed by atoms with Crippen LogP contribution in [0, 0.1) is 5.92 Å². The topological polar surface area (TPSA) is 20.3 Å². The van der Waals surface area contributed by atoms with Crippen molar-refractivity contribution in [2.24, 2.45) is 5.92 Å². The normalized spacial score (nSPS) is 19.8. The van der Waals surface area contributed by atoms with Crippen molar-refractivity contribution < 1.29 is 4.79 Å². The lowest BCUT2D eigenvalue weighted by Gasteiger charge is -2.20. The van der Waals surface area contributed by atoms with E-state index in [1.165, 1.54) is 12.8 Å². The average molecular weight is 235 g/mol. The zero-order valence-corrected chi connectivity index (χ0v) is 11.2. The summed E-state index contributed by atoms with van der Waals surface area (Å²) in [6.07, 6.45) is 14.2. The van der Waals surface area contributed by atoms with Gasteiger partial charge in [-0.25, -0.2) is 0 Å². The van der Waals surface area contributed by atoms with Gasteiger partial charge in [0.1, 0.15) is 0 Å². The Morgan fingerprint density at radius 3 is 2.82 bits per heavy atom. The van der Waals surface area contributed by atoms with Gasteiger partial charge in [0.2, 0.25) is 5.91 Å². The Morgan fingerprint density at radius 2 is 2.24 bits per heavy atom. The summed E-state index contributed by atoms with van der Waals surface area (Å²) in [6, 6.07) is 0. The van der Waals surface area contributed by atoms with Crippen molar-refractivity contribution in [3.05, 3.63) is 24.3 Å². The lowest BCUT2D eigenvalue weighted by atomic mass is 9.94. The van der Waals surface area contributed by atoms with Crippen molar-refractivity contribution in [3.8, 4) is 0 Å². The molecule has 0 saturated carbocycles. The first-order valence-electron chi connectivity index (χ1n) is 6.87. The molecule has 0 saturated heterocycles. The van der Waals surface area contributed by atoms with E-state index in [0.717, 1.165) is 25.9 Å². The van der Waals surface area contributed by atoms with Crippen molar-refractivity contribution in [1.29, 1.82) is 0 Å². The summed E-state index contributed by atoms with van der Waals surface area (Å²) >= 11 is 0. The third kappa shape index (κ3) is 5.20. The minimum Gasteiger partial charge on any atom is -0.339 e. The van der Waals surface area contributed by atoms with Gasteiger partial charge in [-0.15, -0.1) is 0 Å². The van der Waals surface area contributed by atoms with Crippen LogP contribution >= 0.6 is 0 Å². The van der Waals surface area contributed by atoms with E-state index in [4.69, 9.17) is 0 Å². The number of hydrogen-bond acceptors (Lipinski definition) is 1. The third-order valence-corrected chi connectivity index (χ3v) is 3.19. The number of hydrogen-bond donors (Lipinski definition) is 0. The van der Waals surface area contributed by atoms with E-state index < -0.39 is 0 Å². The summed E-state index contributed by atoms with van der Waals surface area (Å²) in [5.74, 6) is 0.945. The zero-order chi connectivity index (χ0) is 12.5. The summed E-state index contributed by atoms with van der Waals surface area (Å²) in [6.45, 7) is 5.70. The SMILES string of the molecule is CCCN(C/C=C/C1CC=CCC1)C(=O)CC. The maximum atomic E-state index is 11.7. The summed E-state index contributed by atoms with van der Waals surface area (Å²) in [5.41, 5.74) is 0. The molecule has 96 valence electrons. The van der Waals surface area contributed by atoms with Crippen LogP contribution in [0.15, 0.2) is 24.3 Å². The van der Waals surface area contributed by atoms with Crippen molar-refractivity contribution in [3.63, 3.8) is 0 Å². The van der Waals surface area contributed by atoms with E-state index in [2.05, 4.69) is 31.2 Å². The first kappa shape index (κ1) is 14.0. The van der Waals surface area contributed by atoms with Crippen molar-refractivity contribution in [1.82, 2.24) is 4.90 Å². The van der Waals surface area contributed by atoms with Crippen LogP contribution in [-0.2, 0) is 4.79 Å². The van der Waals surface area contributed by atoms with Gasteiger partial charge >= 0.3 is 0 Å². The third-order valence-electron chi connectivity index (χ3n) is 3.19. The number of rotatable bonds is 6. The van der Waals surface area contributed by atoms with Gasteiger partial charge in [0.25, 0.3) is 0 Å². The van der Waals surface area contributed by atoms with Gasteiger partial charge in [-0.05, 0) is 31.6 Å². The van der Waals surface area contributed by atoms with Gasteiger partial charge in [0, 0.05) is 19.5 Å². The molecule has 2 nitrogen and oxygen atoms in total. The number of allylic oxidation sites excluding steroid dienone is 3. The second-order valence-electron chi connectivity index (χ2n) is 4.67. The molecule has 1 aliphatic rings. The molecule has 0 aromatic rings. The fraction of sp³-hybridized carbons (Fsp3) is 0.667. The second-order valence-corrected chi connectivity index (χ2v) is 4.67. The summed E-state index contributed by atoms with van der Waals surface area (Å²) in [5, 5.41) is 0. The smallest absolute Gasteiger partial charge is 0.222 e. The minimum absolute atomic E-state index is 0.264. The molecular weight excluding hydrogens is 210 g/mol. The van der Waals surface area contributed by atoms with E-state index in [9.17, 15) is 4.79 Å². The maximum absolute atomic E-state index is 11.7. The zero-order valence-electron chi connectivity index (χ0n) is 11.2. The number of amides is 1. The molecule has 0 aromatic carbocycles. The first-order valence-corrected chi connectivity index (χ1v) is 6.87. The number of nitrogens with zero attached hydrogens (tertiary/aromatic N) is 1. The van der Waals surface area contributed by atoms with Crippen LogP contribution in [0.2, 0.25) is 0 Å².